The Kier molecular flexibility index (Phi) is 8.95. The van der Waals surface area contributed by atoms with Crippen LogP contribution in [0.15, 0.2) is 115 Å². The topological polar surface area (TPSA) is 65.8 Å². The lowest BCUT2D eigenvalue weighted by Gasteiger charge is -2.20. The van der Waals surface area contributed by atoms with Gasteiger partial charge in [0, 0.05) is 41.3 Å². The van der Waals surface area contributed by atoms with Crippen LogP contribution in [0.3, 0.4) is 0 Å². The standard InChI is InChI=1S/C41H39N3O4/c1-28-38(33-20-19-32-21-34-23-35(43(2)3)24-44(34)36(32)22-33)42-40(47-26-30-15-9-5-10-16-30)37(39(28)46-25-29-13-7-4-8-14-29)41(45)48-27-31-17-11-6-12-18-31/h4-22,35H,23-27H2,1-3H3. The van der Waals surface area contributed by atoms with Crippen LogP contribution in [-0.4, -0.2) is 40.6 Å². The van der Waals surface area contributed by atoms with Gasteiger partial charge in [-0.3, -0.25) is 0 Å². The zero-order valence-corrected chi connectivity index (χ0v) is 27.6. The number of benzene rings is 4. The third-order valence-electron chi connectivity index (χ3n) is 9.04. The molecule has 2 aromatic heterocycles. The molecular formula is C41H39N3O4. The summed E-state index contributed by atoms with van der Waals surface area (Å²) in [4.78, 5) is 21.4. The van der Waals surface area contributed by atoms with Crippen molar-refractivity contribution >= 4 is 16.9 Å². The molecule has 1 unspecified atom stereocenters. The molecule has 1 aliphatic heterocycles. The third kappa shape index (κ3) is 6.55. The van der Waals surface area contributed by atoms with E-state index in [0.717, 1.165) is 46.3 Å². The molecule has 0 radical (unpaired) electrons. The van der Waals surface area contributed by atoms with Crippen molar-refractivity contribution in [3.63, 3.8) is 0 Å². The van der Waals surface area contributed by atoms with Crippen LogP contribution in [0.5, 0.6) is 11.6 Å². The van der Waals surface area contributed by atoms with Crippen LogP contribution in [0.4, 0.5) is 0 Å². The maximum atomic E-state index is 14.0. The van der Waals surface area contributed by atoms with Gasteiger partial charge in [-0.25, -0.2) is 9.78 Å². The summed E-state index contributed by atoms with van der Waals surface area (Å²) in [5, 5.41) is 1.20. The van der Waals surface area contributed by atoms with Gasteiger partial charge in [-0.1, -0.05) is 103 Å². The molecule has 0 fully saturated rings. The summed E-state index contributed by atoms with van der Waals surface area (Å²) in [5.74, 6) is 0.0218. The predicted molar refractivity (Wildman–Crippen MR) is 188 cm³/mol. The van der Waals surface area contributed by atoms with Gasteiger partial charge in [-0.15, -0.1) is 0 Å². The van der Waals surface area contributed by atoms with Crippen molar-refractivity contribution in [1.29, 1.82) is 0 Å². The molecule has 48 heavy (non-hydrogen) atoms. The fourth-order valence-electron chi connectivity index (χ4n) is 6.34. The van der Waals surface area contributed by atoms with E-state index in [2.05, 4.69) is 47.8 Å². The maximum Gasteiger partial charge on any atom is 0.347 e. The van der Waals surface area contributed by atoms with Crippen molar-refractivity contribution in [3.05, 3.63) is 149 Å². The Morgan fingerprint density at radius 1 is 0.792 bits per heavy atom. The third-order valence-corrected chi connectivity index (χ3v) is 9.04. The Morgan fingerprint density at radius 2 is 1.40 bits per heavy atom. The van der Waals surface area contributed by atoms with E-state index in [9.17, 15) is 4.79 Å². The van der Waals surface area contributed by atoms with E-state index in [1.54, 1.807) is 0 Å². The average Bonchev–Trinajstić information content (AvgIpc) is 3.69. The minimum atomic E-state index is -0.554. The highest BCUT2D eigenvalue weighted by Crippen LogP contribution is 2.40. The van der Waals surface area contributed by atoms with Crippen LogP contribution in [0.2, 0.25) is 0 Å². The minimum Gasteiger partial charge on any atom is -0.487 e. The monoisotopic (exact) mass is 637 g/mol. The number of pyridine rings is 1. The van der Waals surface area contributed by atoms with Gasteiger partial charge >= 0.3 is 5.97 Å². The number of likely N-dealkylation sites (N-methyl/N-ethyl adjacent to an activating group) is 1. The van der Waals surface area contributed by atoms with Crippen LogP contribution < -0.4 is 9.47 Å². The van der Waals surface area contributed by atoms with Gasteiger partial charge in [0.1, 0.15) is 25.6 Å². The first-order chi connectivity index (χ1) is 23.4. The molecule has 0 amide bonds. The number of ether oxygens (including phenoxy) is 3. The van der Waals surface area contributed by atoms with E-state index in [-0.39, 0.29) is 31.3 Å². The highest BCUT2D eigenvalue weighted by atomic mass is 16.5. The van der Waals surface area contributed by atoms with Crippen LogP contribution in [0.1, 0.15) is 38.3 Å². The molecule has 3 heterocycles. The second kappa shape index (κ2) is 13.8. The van der Waals surface area contributed by atoms with Crippen molar-refractivity contribution in [2.24, 2.45) is 0 Å². The minimum absolute atomic E-state index is 0.112. The summed E-state index contributed by atoms with van der Waals surface area (Å²) in [6.45, 7) is 3.49. The second-order valence-corrected chi connectivity index (χ2v) is 12.5. The van der Waals surface area contributed by atoms with Gasteiger partial charge in [-0.05, 0) is 55.2 Å². The Balaban J connectivity index is 1.33. The molecule has 0 N–H and O–H groups in total. The van der Waals surface area contributed by atoms with Gasteiger partial charge in [0.15, 0.2) is 5.56 Å². The molecule has 7 heteroatoms. The summed E-state index contributed by atoms with van der Waals surface area (Å²) in [6, 6.07) is 38.6. The highest BCUT2D eigenvalue weighted by molar-refractivity contribution is 5.97. The number of rotatable bonds is 11. The zero-order chi connectivity index (χ0) is 33.0. The van der Waals surface area contributed by atoms with E-state index >= 15 is 0 Å². The Labute approximate surface area is 281 Å². The number of nitrogens with zero attached hydrogens (tertiary/aromatic N) is 3. The fraction of sp³-hybridized carbons (Fsp3) is 0.220. The van der Waals surface area contributed by atoms with Crippen molar-refractivity contribution in [2.75, 3.05) is 14.1 Å². The first kappa shape index (κ1) is 31.2. The second-order valence-electron chi connectivity index (χ2n) is 12.5. The number of esters is 1. The summed E-state index contributed by atoms with van der Waals surface area (Å²) in [6.07, 6.45) is 1.02. The molecule has 0 bridgehead atoms. The van der Waals surface area contributed by atoms with Crippen molar-refractivity contribution in [2.45, 2.75) is 45.8 Å². The molecule has 0 spiro atoms. The highest BCUT2D eigenvalue weighted by Gasteiger charge is 2.29. The van der Waals surface area contributed by atoms with E-state index < -0.39 is 5.97 Å². The average molecular weight is 638 g/mol. The Morgan fingerprint density at radius 3 is 2.02 bits per heavy atom. The molecular weight excluding hydrogens is 598 g/mol. The van der Waals surface area contributed by atoms with Crippen molar-refractivity contribution in [1.82, 2.24) is 14.5 Å². The van der Waals surface area contributed by atoms with E-state index in [4.69, 9.17) is 19.2 Å². The lowest BCUT2D eigenvalue weighted by molar-refractivity contribution is 0.0460. The van der Waals surface area contributed by atoms with Gasteiger partial charge in [0.2, 0.25) is 5.88 Å². The summed E-state index contributed by atoms with van der Waals surface area (Å²) < 4.78 is 21.2. The van der Waals surface area contributed by atoms with Crippen LogP contribution >= 0.6 is 0 Å². The Hall–Kier alpha value is -5.40. The van der Waals surface area contributed by atoms with Gasteiger partial charge in [0.25, 0.3) is 0 Å². The number of fused-ring (bicyclic) bond motifs is 3. The molecule has 7 nitrogen and oxygen atoms in total. The smallest absolute Gasteiger partial charge is 0.347 e. The normalized spacial score (nSPS) is 13.9. The van der Waals surface area contributed by atoms with Gasteiger partial charge < -0.3 is 23.7 Å². The van der Waals surface area contributed by atoms with Crippen LogP contribution in [0, 0.1) is 6.92 Å². The van der Waals surface area contributed by atoms with E-state index in [0.29, 0.717) is 17.5 Å². The molecule has 7 rings (SSSR count). The van der Waals surface area contributed by atoms with E-state index in [1.165, 1.54) is 11.1 Å². The maximum absolute atomic E-state index is 14.0. The molecule has 0 saturated carbocycles. The lowest BCUT2D eigenvalue weighted by Crippen LogP contribution is -2.28. The molecule has 242 valence electrons. The predicted octanol–water partition coefficient (Wildman–Crippen LogP) is 8.01. The summed E-state index contributed by atoms with van der Waals surface area (Å²) >= 11 is 0. The fourth-order valence-corrected chi connectivity index (χ4v) is 6.34. The SMILES string of the molecule is Cc1c(-c2ccc3cc4n(c3c2)CC(N(C)C)C4)nc(OCc2ccccc2)c(C(=O)OCc2ccccc2)c1OCc1ccccc1. The van der Waals surface area contributed by atoms with Crippen LogP contribution in [-0.2, 0) is 37.5 Å². The van der Waals surface area contributed by atoms with Crippen LogP contribution in [0.25, 0.3) is 22.2 Å². The lowest BCUT2D eigenvalue weighted by atomic mass is 10.0. The van der Waals surface area contributed by atoms with E-state index in [1.807, 2.05) is 97.9 Å². The van der Waals surface area contributed by atoms with Gasteiger partial charge in [0.05, 0.1) is 5.69 Å². The number of hydrogen-bond acceptors (Lipinski definition) is 6. The molecule has 6 aromatic rings. The number of aromatic nitrogens is 2. The zero-order valence-electron chi connectivity index (χ0n) is 27.6. The number of hydrogen-bond donors (Lipinski definition) is 0. The largest absolute Gasteiger partial charge is 0.487 e. The molecule has 0 aliphatic carbocycles. The number of carbonyl (C=O) groups is 1. The Bertz CT molecular complexity index is 2040. The quantitative estimate of drug-likeness (QED) is 0.134. The van der Waals surface area contributed by atoms with Gasteiger partial charge in [-0.2, -0.15) is 0 Å². The summed E-state index contributed by atoms with van der Waals surface area (Å²) in [7, 11) is 4.27. The molecule has 1 atom stereocenters. The first-order valence-electron chi connectivity index (χ1n) is 16.3. The van der Waals surface area contributed by atoms with Crippen molar-refractivity contribution in [3.8, 4) is 22.9 Å². The first-order valence-corrected chi connectivity index (χ1v) is 16.3. The summed E-state index contributed by atoms with van der Waals surface area (Å²) in [5.41, 5.74) is 7.85. The molecule has 0 saturated heterocycles. The number of carbonyl (C=O) groups excluding carboxylic acids is 1. The van der Waals surface area contributed by atoms with Crippen molar-refractivity contribution < 1.29 is 19.0 Å². The molecule has 1 aliphatic rings. The molecule has 4 aromatic carbocycles.